The molecule has 2 aromatic rings. The van der Waals surface area contributed by atoms with E-state index in [-0.39, 0.29) is 17.9 Å². The fraction of sp³-hybridized carbons (Fsp3) is 0.609. The molecule has 3 heterocycles. The van der Waals surface area contributed by atoms with Crippen molar-refractivity contribution in [1.82, 2.24) is 19.9 Å². The molecule has 7 nitrogen and oxygen atoms in total. The summed E-state index contributed by atoms with van der Waals surface area (Å²) < 4.78 is 0. The molecule has 166 valence electrons. The third-order valence-corrected chi connectivity index (χ3v) is 7.26. The Kier molecular flexibility index (Phi) is 6.25. The molecule has 31 heavy (non-hydrogen) atoms. The van der Waals surface area contributed by atoms with E-state index in [2.05, 4.69) is 36.8 Å². The maximum atomic E-state index is 10.0. The van der Waals surface area contributed by atoms with Crippen LogP contribution in [-0.4, -0.2) is 69.8 Å². The molecule has 1 saturated carbocycles. The van der Waals surface area contributed by atoms with Crippen LogP contribution in [0.5, 0.6) is 0 Å². The molecule has 5 rings (SSSR count). The highest BCUT2D eigenvalue weighted by Gasteiger charge is 2.30. The molecule has 1 aromatic carbocycles. The molecule has 0 radical (unpaired) electrons. The Labute approximate surface area is 189 Å². The molecule has 2 aliphatic heterocycles. The Morgan fingerprint density at radius 1 is 0.903 bits per heavy atom. The molecule has 0 spiro atoms. The smallest absolute Gasteiger partial charge is 0.232 e. The SMILES string of the molecule is OC[C@H]1Cc2ccccc2CN1c1nc(Cl)nc(N2CCN(C3CCCCC3)CC2)n1. The molecule has 3 aliphatic rings. The Balaban J connectivity index is 1.33. The van der Waals surface area contributed by atoms with Crippen LogP contribution in [-0.2, 0) is 13.0 Å². The van der Waals surface area contributed by atoms with E-state index in [4.69, 9.17) is 16.6 Å². The number of aromatic nitrogens is 3. The van der Waals surface area contributed by atoms with Crippen molar-refractivity contribution in [1.29, 1.82) is 0 Å². The fourth-order valence-electron chi connectivity index (χ4n) is 5.32. The number of piperazine rings is 1. The van der Waals surface area contributed by atoms with Crippen molar-refractivity contribution >= 4 is 23.5 Å². The van der Waals surface area contributed by atoms with Gasteiger partial charge >= 0.3 is 0 Å². The van der Waals surface area contributed by atoms with Gasteiger partial charge < -0.3 is 14.9 Å². The molecule has 8 heteroatoms. The second kappa shape index (κ2) is 9.27. The zero-order valence-corrected chi connectivity index (χ0v) is 18.7. The molecule has 1 aliphatic carbocycles. The lowest BCUT2D eigenvalue weighted by Crippen LogP contribution is -2.51. The zero-order chi connectivity index (χ0) is 21.2. The van der Waals surface area contributed by atoms with Crippen molar-refractivity contribution in [2.45, 2.75) is 57.2 Å². The van der Waals surface area contributed by atoms with Crippen molar-refractivity contribution in [3.05, 3.63) is 40.7 Å². The highest BCUT2D eigenvalue weighted by molar-refractivity contribution is 6.28. The first-order valence-electron chi connectivity index (χ1n) is 11.6. The van der Waals surface area contributed by atoms with Gasteiger partial charge in [-0.3, -0.25) is 4.90 Å². The van der Waals surface area contributed by atoms with Gasteiger partial charge in [0, 0.05) is 38.8 Å². The topological polar surface area (TPSA) is 68.6 Å². The molecule has 1 saturated heterocycles. The maximum absolute atomic E-state index is 10.0. The highest BCUT2D eigenvalue weighted by Crippen LogP contribution is 2.29. The zero-order valence-electron chi connectivity index (χ0n) is 18.0. The molecular weight excluding hydrogens is 412 g/mol. The third-order valence-electron chi connectivity index (χ3n) is 7.10. The van der Waals surface area contributed by atoms with Gasteiger partial charge in [-0.25, -0.2) is 0 Å². The predicted octanol–water partition coefficient (Wildman–Crippen LogP) is 2.90. The standard InChI is InChI=1S/C23H31ClN6O/c24-21-25-22(29-12-10-28(11-13-29)19-8-2-1-3-9-19)27-23(26-21)30-15-18-7-5-4-6-17(18)14-20(30)16-31/h4-7,19-20,31H,1-3,8-16H2/t20-/m1/s1. The van der Waals surface area contributed by atoms with Gasteiger partial charge in [-0.15, -0.1) is 0 Å². The molecular formula is C23H31ClN6O. The Bertz CT molecular complexity index is 897. The molecule has 0 bridgehead atoms. The summed E-state index contributed by atoms with van der Waals surface area (Å²) in [6, 6.07) is 9.04. The molecule has 1 aromatic heterocycles. The van der Waals surface area contributed by atoms with Gasteiger partial charge in [0.15, 0.2) is 0 Å². The van der Waals surface area contributed by atoms with E-state index in [9.17, 15) is 5.11 Å². The van der Waals surface area contributed by atoms with Gasteiger partial charge in [-0.05, 0) is 42.0 Å². The number of hydrogen-bond donors (Lipinski definition) is 1. The first kappa shape index (κ1) is 20.9. The number of hydrogen-bond acceptors (Lipinski definition) is 7. The van der Waals surface area contributed by atoms with Crippen LogP contribution in [0.1, 0.15) is 43.2 Å². The van der Waals surface area contributed by atoms with Gasteiger partial charge in [0.05, 0.1) is 12.6 Å². The first-order chi connectivity index (χ1) is 15.2. The van der Waals surface area contributed by atoms with Crippen LogP contribution < -0.4 is 9.80 Å². The minimum absolute atomic E-state index is 0.0486. The Hall–Kier alpha value is -1.96. The predicted molar refractivity (Wildman–Crippen MR) is 123 cm³/mol. The van der Waals surface area contributed by atoms with E-state index >= 15 is 0 Å². The first-order valence-corrected chi connectivity index (χ1v) is 11.9. The number of aliphatic hydroxyl groups excluding tert-OH is 1. The van der Waals surface area contributed by atoms with E-state index < -0.39 is 0 Å². The second-order valence-electron chi connectivity index (χ2n) is 8.96. The minimum atomic E-state index is -0.0654. The van der Waals surface area contributed by atoms with Crippen LogP contribution in [0.2, 0.25) is 5.28 Å². The summed E-state index contributed by atoms with van der Waals surface area (Å²) in [5.74, 6) is 1.20. The van der Waals surface area contributed by atoms with E-state index in [1.807, 2.05) is 12.1 Å². The average Bonchev–Trinajstić information content (AvgIpc) is 2.83. The summed E-state index contributed by atoms with van der Waals surface area (Å²) in [5, 5.41) is 10.2. The van der Waals surface area contributed by atoms with E-state index in [1.54, 1.807) is 0 Å². The van der Waals surface area contributed by atoms with Gasteiger partial charge in [0.2, 0.25) is 17.2 Å². The molecule has 1 atom stereocenters. The van der Waals surface area contributed by atoms with Gasteiger partial charge in [0.1, 0.15) is 0 Å². The lowest BCUT2D eigenvalue weighted by atomic mass is 9.94. The van der Waals surface area contributed by atoms with Crippen molar-refractivity contribution < 1.29 is 5.11 Å². The van der Waals surface area contributed by atoms with Gasteiger partial charge in [-0.2, -0.15) is 15.0 Å². The number of anilines is 2. The Morgan fingerprint density at radius 2 is 1.61 bits per heavy atom. The van der Waals surface area contributed by atoms with Gasteiger partial charge in [0.25, 0.3) is 0 Å². The highest BCUT2D eigenvalue weighted by atomic mass is 35.5. The van der Waals surface area contributed by atoms with E-state index in [0.717, 1.165) is 38.6 Å². The third kappa shape index (κ3) is 4.49. The summed E-state index contributed by atoms with van der Waals surface area (Å²) in [4.78, 5) is 20.6. The van der Waals surface area contributed by atoms with Crippen LogP contribution in [0, 0.1) is 0 Å². The lowest BCUT2D eigenvalue weighted by molar-refractivity contribution is 0.147. The summed E-state index contributed by atoms with van der Waals surface area (Å²) in [6.45, 7) is 4.61. The summed E-state index contributed by atoms with van der Waals surface area (Å²) >= 11 is 6.34. The van der Waals surface area contributed by atoms with Crippen molar-refractivity contribution in [2.24, 2.45) is 0 Å². The average molecular weight is 443 g/mol. The number of fused-ring (bicyclic) bond motifs is 1. The second-order valence-corrected chi connectivity index (χ2v) is 9.29. The number of nitrogens with zero attached hydrogens (tertiary/aromatic N) is 6. The number of benzene rings is 1. The molecule has 2 fully saturated rings. The normalized spacial score (nSPS) is 23.1. The quantitative estimate of drug-likeness (QED) is 0.780. The molecule has 0 amide bonds. The summed E-state index contributed by atoms with van der Waals surface area (Å²) in [6.07, 6.45) is 7.55. The van der Waals surface area contributed by atoms with Crippen LogP contribution in [0.4, 0.5) is 11.9 Å². The molecule has 0 unspecified atom stereocenters. The van der Waals surface area contributed by atoms with Crippen LogP contribution in [0.15, 0.2) is 24.3 Å². The van der Waals surface area contributed by atoms with Crippen LogP contribution >= 0.6 is 11.6 Å². The molecule has 1 N–H and O–H groups in total. The van der Waals surface area contributed by atoms with Gasteiger partial charge in [-0.1, -0.05) is 43.5 Å². The number of halogens is 1. The number of aliphatic hydroxyl groups is 1. The van der Waals surface area contributed by atoms with E-state index in [1.165, 1.54) is 43.2 Å². The summed E-state index contributed by atoms with van der Waals surface area (Å²) in [7, 11) is 0. The largest absolute Gasteiger partial charge is 0.394 e. The van der Waals surface area contributed by atoms with Crippen LogP contribution in [0.25, 0.3) is 0 Å². The minimum Gasteiger partial charge on any atom is -0.394 e. The number of rotatable bonds is 4. The van der Waals surface area contributed by atoms with Crippen LogP contribution in [0.3, 0.4) is 0 Å². The van der Waals surface area contributed by atoms with Crippen molar-refractivity contribution in [3.8, 4) is 0 Å². The maximum Gasteiger partial charge on any atom is 0.232 e. The van der Waals surface area contributed by atoms with Crippen molar-refractivity contribution in [2.75, 3.05) is 42.6 Å². The summed E-state index contributed by atoms with van der Waals surface area (Å²) in [5.41, 5.74) is 2.52. The lowest BCUT2D eigenvalue weighted by Gasteiger charge is -2.41. The fourth-order valence-corrected chi connectivity index (χ4v) is 5.47. The monoisotopic (exact) mass is 442 g/mol. The van der Waals surface area contributed by atoms with Crippen molar-refractivity contribution in [3.63, 3.8) is 0 Å². The Morgan fingerprint density at radius 3 is 2.35 bits per heavy atom. The van der Waals surface area contributed by atoms with E-state index in [0.29, 0.717) is 18.4 Å².